The fraction of sp³-hybridized carbons (Fsp3) is 0.0833. The van der Waals surface area contributed by atoms with E-state index in [1.807, 2.05) is 73.7 Å². The van der Waals surface area contributed by atoms with E-state index >= 15 is 0 Å². The van der Waals surface area contributed by atoms with Gasteiger partial charge in [0.25, 0.3) is 0 Å². The Kier molecular flexibility index (Phi) is 5.14. The van der Waals surface area contributed by atoms with Crippen LogP contribution in [0.1, 0.15) is 21.5 Å². The normalized spacial score (nSPS) is 10.8. The van der Waals surface area contributed by atoms with Gasteiger partial charge in [0.05, 0.1) is 12.4 Å². The van der Waals surface area contributed by atoms with Gasteiger partial charge in [-0.1, -0.05) is 72.3 Å². The summed E-state index contributed by atoms with van der Waals surface area (Å²) in [5.74, 6) is -1.57. The van der Waals surface area contributed by atoms with Crippen LogP contribution in [-0.4, -0.2) is 11.9 Å². The molecule has 4 rings (SSSR count). The van der Waals surface area contributed by atoms with Crippen molar-refractivity contribution in [2.24, 2.45) is 0 Å². The predicted molar refractivity (Wildman–Crippen MR) is 115 cm³/mol. The summed E-state index contributed by atoms with van der Waals surface area (Å²) >= 11 is 1.19. The van der Waals surface area contributed by atoms with Gasteiger partial charge >= 0.3 is 0 Å². The summed E-state index contributed by atoms with van der Waals surface area (Å²) in [6.07, 6.45) is 0.158. The van der Waals surface area contributed by atoms with E-state index < -0.39 is 5.97 Å². The maximum atomic E-state index is 12.7. The minimum atomic E-state index is -1.30. The Labute approximate surface area is 172 Å². The molecule has 0 spiro atoms. The van der Waals surface area contributed by atoms with Crippen molar-refractivity contribution in [3.8, 4) is 11.1 Å². The molecular weight excluding hydrogens is 382 g/mol. The molecular formula is C24H18NO3S-. The van der Waals surface area contributed by atoms with Crippen LogP contribution in [0.4, 0.5) is 5.00 Å². The average molecular weight is 400 g/mol. The summed E-state index contributed by atoms with van der Waals surface area (Å²) in [6, 6.07) is 21.3. The molecule has 0 unspecified atom stereocenters. The number of amides is 1. The Morgan fingerprint density at radius 3 is 2.45 bits per heavy atom. The van der Waals surface area contributed by atoms with Crippen LogP contribution in [0.15, 0.2) is 72.1 Å². The number of carbonyl (C=O) groups excluding carboxylic acids is 2. The number of carbonyl (C=O) groups is 2. The highest BCUT2D eigenvalue weighted by atomic mass is 32.1. The maximum Gasteiger partial charge on any atom is 0.229 e. The van der Waals surface area contributed by atoms with Crippen LogP contribution < -0.4 is 10.4 Å². The second-order valence-corrected chi connectivity index (χ2v) is 7.75. The lowest BCUT2D eigenvalue weighted by Crippen LogP contribution is -2.24. The first-order valence-corrected chi connectivity index (χ1v) is 10.1. The lowest BCUT2D eigenvalue weighted by Gasteiger charge is -2.11. The number of fused-ring (bicyclic) bond motifs is 1. The number of hydrogen-bond acceptors (Lipinski definition) is 4. The van der Waals surface area contributed by atoms with Crippen LogP contribution in [0, 0.1) is 6.92 Å². The number of nitrogens with one attached hydrogen (secondary N) is 1. The molecule has 1 amide bonds. The largest absolute Gasteiger partial charge is 0.545 e. The van der Waals surface area contributed by atoms with Crippen LogP contribution >= 0.6 is 11.3 Å². The highest BCUT2D eigenvalue weighted by Gasteiger charge is 2.17. The van der Waals surface area contributed by atoms with Crippen molar-refractivity contribution in [1.82, 2.24) is 0 Å². The fourth-order valence-electron chi connectivity index (χ4n) is 3.39. The summed E-state index contributed by atoms with van der Waals surface area (Å²) < 4.78 is 0. The van der Waals surface area contributed by atoms with Gasteiger partial charge in [0.2, 0.25) is 5.91 Å². The third-order valence-corrected chi connectivity index (χ3v) is 5.74. The minimum Gasteiger partial charge on any atom is -0.545 e. The van der Waals surface area contributed by atoms with Gasteiger partial charge in [-0.25, -0.2) is 0 Å². The molecule has 0 aliphatic rings. The summed E-state index contributed by atoms with van der Waals surface area (Å²) in [6.45, 7) is 1.97. The molecule has 29 heavy (non-hydrogen) atoms. The Bertz CT molecular complexity index is 1200. The Morgan fingerprint density at radius 1 is 0.966 bits per heavy atom. The SMILES string of the molecule is Cc1ccc(-c2csc(NC(=O)Cc3cccc4ccccc34)c2C(=O)[O-])cc1. The topological polar surface area (TPSA) is 69.2 Å². The molecule has 0 saturated heterocycles. The van der Waals surface area contributed by atoms with Crippen LogP contribution in [-0.2, 0) is 11.2 Å². The number of carboxylic acids is 1. The molecule has 0 aliphatic heterocycles. The predicted octanol–water partition coefficient (Wildman–Crippen LogP) is 4.42. The van der Waals surface area contributed by atoms with E-state index in [0.29, 0.717) is 10.6 Å². The Hall–Kier alpha value is -3.44. The van der Waals surface area contributed by atoms with Gasteiger partial charge in [-0.05, 0) is 28.8 Å². The van der Waals surface area contributed by atoms with Crippen LogP contribution in [0.3, 0.4) is 0 Å². The molecule has 4 aromatic rings. The number of thiophene rings is 1. The van der Waals surface area contributed by atoms with E-state index in [2.05, 4.69) is 5.32 Å². The molecule has 0 atom stereocenters. The van der Waals surface area contributed by atoms with E-state index in [0.717, 1.165) is 27.5 Å². The van der Waals surface area contributed by atoms with Crippen molar-refractivity contribution in [3.63, 3.8) is 0 Å². The van der Waals surface area contributed by atoms with Crippen molar-refractivity contribution in [1.29, 1.82) is 0 Å². The molecule has 0 aliphatic carbocycles. The molecule has 0 bridgehead atoms. The molecule has 3 aromatic carbocycles. The molecule has 0 saturated carbocycles. The van der Waals surface area contributed by atoms with Gasteiger partial charge in [0, 0.05) is 16.5 Å². The van der Waals surface area contributed by atoms with Crippen molar-refractivity contribution in [2.45, 2.75) is 13.3 Å². The zero-order valence-electron chi connectivity index (χ0n) is 15.8. The van der Waals surface area contributed by atoms with E-state index in [-0.39, 0.29) is 17.9 Å². The molecule has 144 valence electrons. The van der Waals surface area contributed by atoms with Crippen LogP contribution in [0.25, 0.3) is 21.9 Å². The first-order valence-electron chi connectivity index (χ1n) is 9.19. The van der Waals surface area contributed by atoms with Gasteiger partial charge in [0.1, 0.15) is 5.00 Å². The molecule has 0 radical (unpaired) electrons. The number of anilines is 1. The Balaban J connectivity index is 1.61. The van der Waals surface area contributed by atoms with E-state index in [1.54, 1.807) is 5.38 Å². The molecule has 0 fully saturated rings. The lowest BCUT2D eigenvalue weighted by molar-refractivity contribution is -0.254. The smallest absolute Gasteiger partial charge is 0.229 e. The number of aryl methyl sites for hydroxylation is 1. The molecule has 5 heteroatoms. The van der Waals surface area contributed by atoms with Gasteiger partial charge < -0.3 is 15.2 Å². The highest BCUT2D eigenvalue weighted by molar-refractivity contribution is 7.15. The summed E-state index contributed by atoms with van der Waals surface area (Å²) in [4.78, 5) is 24.5. The van der Waals surface area contributed by atoms with E-state index in [1.165, 1.54) is 11.3 Å². The second-order valence-electron chi connectivity index (χ2n) is 6.87. The van der Waals surface area contributed by atoms with E-state index in [9.17, 15) is 14.7 Å². The lowest BCUT2D eigenvalue weighted by atomic mass is 10.0. The number of aromatic carboxylic acids is 1. The van der Waals surface area contributed by atoms with Crippen LogP contribution in [0.5, 0.6) is 0 Å². The first-order chi connectivity index (χ1) is 14.0. The molecule has 4 nitrogen and oxygen atoms in total. The zero-order chi connectivity index (χ0) is 20.4. The highest BCUT2D eigenvalue weighted by Crippen LogP contribution is 2.35. The number of rotatable bonds is 5. The second kappa shape index (κ2) is 7.89. The zero-order valence-corrected chi connectivity index (χ0v) is 16.6. The fourth-order valence-corrected chi connectivity index (χ4v) is 4.36. The number of benzene rings is 3. The summed E-state index contributed by atoms with van der Waals surface area (Å²) in [7, 11) is 0. The van der Waals surface area contributed by atoms with Crippen molar-refractivity contribution in [3.05, 3.63) is 88.8 Å². The van der Waals surface area contributed by atoms with E-state index in [4.69, 9.17) is 0 Å². The quantitative estimate of drug-likeness (QED) is 0.539. The van der Waals surface area contributed by atoms with Crippen LogP contribution in [0.2, 0.25) is 0 Å². The monoisotopic (exact) mass is 400 g/mol. The first kappa shape index (κ1) is 18.9. The van der Waals surface area contributed by atoms with Gasteiger partial charge in [-0.3, -0.25) is 4.79 Å². The molecule has 1 N–H and O–H groups in total. The average Bonchev–Trinajstić information content (AvgIpc) is 3.12. The van der Waals surface area contributed by atoms with Gasteiger partial charge in [0.15, 0.2) is 0 Å². The third kappa shape index (κ3) is 3.91. The summed E-state index contributed by atoms with van der Waals surface area (Å²) in [5.41, 5.74) is 3.33. The Morgan fingerprint density at radius 2 is 1.69 bits per heavy atom. The third-order valence-electron chi connectivity index (χ3n) is 4.84. The van der Waals surface area contributed by atoms with Gasteiger partial charge in [-0.2, -0.15) is 0 Å². The number of hydrogen-bond donors (Lipinski definition) is 1. The van der Waals surface area contributed by atoms with Gasteiger partial charge in [-0.15, -0.1) is 11.3 Å². The van der Waals surface area contributed by atoms with Crippen molar-refractivity contribution in [2.75, 3.05) is 5.32 Å². The minimum absolute atomic E-state index is 0.0186. The number of carboxylic acid groups (broad SMARTS) is 1. The molecule has 1 heterocycles. The summed E-state index contributed by atoms with van der Waals surface area (Å²) in [5, 5.41) is 18.7. The van der Waals surface area contributed by atoms with Crippen molar-refractivity contribution < 1.29 is 14.7 Å². The maximum absolute atomic E-state index is 12.7. The molecule has 1 aromatic heterocycles. The standard InChI is InChI=1S/C24H19NO3S/c1-15-9-11-17(12-10-15)20-14-29-23(22(20)24(27)28)25-21(26)13-18-7-4-6-16-5-2-3-8-19(16)18/h2-12,14H,13H2,1H3,(H,25,26)(H,27,28)/p-1. The van der Waals surface area contributed by atoms with Crippen molar-refractivity contribution >= 4 is 39.0 Å².